The van der Waals surface area contributed by atoms with E-state index in [1.807, 2.05) is 0 Å². The maximum absolute atomic E-state index is 11.8. The number of rotatable bonds is 8. The van der Waals surface area contributed by atoms with Gasteiger partial charge >= 0.3 is 11.9 Å². The van der Waals surface area contributed by atoms with Crippen molar-refractivity contribution in [2.45, 2.75) is 24.9 Å². The van der Waals surface area contributed by atoms with E-state index in [1.165, 1.54) is 0 Å². The second-order valence-corrected chi connectivity index (χ2v) is 5.37. The van der Waals surface area contributed by atoms with E-state index in [0.29, 0.717) is 0 Å². The van der Waals surface area contributed by atoms with Crippen LogP contribution in [-0.2, 0) is 14.4 Å². The summed E-state index contributed by atoms with van der Waals surface area (Å²) in [6.45, 7) is -0.0856. The fourth-order valence-electron chi connectivity index (χ4n) is 1.73. The standard InChI is InChI=1S/C11H19NO6/c1-12(2,3)7-11(18,6-10(16)17)8(13)4-5-9(14)15/h18H,4-7H2,1-3H3,(H-,14,15,16,17)/p+1/t11-/m1/s1. The Bertz CT molecular complexity index is 346. The Balaban J connectivity index is 4.90. The van der Waals surface area contributed by atoms with E-state index in [-0.39, 0.29) is 17.4 Å². The number of nitrogens with zero attached hydrogens (tertiary/aromatic N) is 1. The van der Waals surface area contributed by atoms with E-state index in [0.717, 1.165) is 0 Å². The first-order valence-corrected chi connectivity index (χ1v) is 5.46. The maximum Gasteiger partial charge on any atom is 0.306 e. The van der Waals surface area contributed by atoms with E-state index in [1.54, 1.807) is 21.1 Å². The van der Waals surface area contributed by atoms with Crippen molar-refractivity contribution < 1.29 is 34.2 Å². The summed E-state index contributed by atoms with van der Waals surface area (Å²) in [4.78, 5) is 32.9. The summed E-state index contributed by atoms with van der Waals surface area (Å²) in [7, 11) is 5.12. The fraction of sp³-hybridized carbons (Fsp3) is 0.727. The normalized spacial score (nSPS) is 14.9. The predicted molar refractivity (Wildman–Crippen MR) is 62.0 cm³/mol. The van der Waals surface area contributed by atoms with Crippen LogP contribution < -0.4 is 0 Å². The van der Waals surface area contributed by atoms with E-state index in [4.69, 9.17) is 10.2 Å². The lowest BCUT2D eigenvalue weighted by Gasteiger charge is -2.33. The quantitative estimate of drug-likeness (QED) is 0.500. The lowest BCUT2D eigenvalue weighted by atomic mass is 9.90. The molecule has 0 aliphatic carbocycles. The zero-order chi connectivity index (χ0) is 14.6. The van der Waals surface area contributed by atoms with Crippen molar-refractivity contribution in [3.05, 3.63) is 0 Å². The molecule has 0 heterocycles. The van der Waals surface area contributed by atoms with Crippen molar-refractivity contribution >= 4 is 17.7 Å². The van der Waals surface area contributed by atoms with Crippen LogP contribution in [0.3, 0.4) is 0 Å². The average molecular weight is 262 g/mol. The summed E-state index contributed by atoms with van der Waals surface area (Å²) in [6.07, 6.45) is -1.52. The molecule has 1 atom stereocenters. The molecule has 0 aliphatic heterocycles. The Morgan fingerprint density at radius 1 is 1.00 bits per heavy atom. The Morgan fingerprint density at radius 3 is 1.83 bits per heavy atom. The molecule has 104 valence electrons. The molecule has 0 aromatic carbocycles. The number of hydrogen-bond donors (Lipinski definition) is 3. The summed E-state index contributed by atoms with van der Waals surface area (Å²) >= 11 is 0. The van der Waals surface area contributed by atoms with Gasteiger partial charge in [0, 0.05) is 6.42 Å². The largest absolute Gasteiger partial charge is 0.481 e. The van der Waals surface area contributed by atoms with Crippen LogP contribution in [0.25, 0.3) is 0 Å². The van der Waals surface area contributed by atoms with Gasteiger partial charge < -0.3 is 19.8 Å². The molecular weight excluding hydrogens is 242 g/mol. The van der Waals surface area contributed by atoms with Gasteiger partial charge in [0.15, 0.2) is 11.4 Å². The summed E-state index contributed by atoms with van der Waals surface area (Å²) in [5, 5.41) is 27.4. The van der Waals surface area contributed by atoms with Crippen LogP contribution in [0.15, 0.2) is 0 Å². The third-order valence-electron chi connectivity index (χ3n) is 2.26. The topological polar surface area (TPSA) is 112 Å². The van der Waals surface area contributed by atoms with Gasteiger partial charge in [-0.25, -0.2) is 0 Å². The van der Waals surface area contributed by atoms with Crippen LogP contribution in [0.1, 0.15) is 19.3 Å². The van der Waals surface area contributed by atoms with E-state index in [9.17, 15) is 19.5 Å². The van der Waals surface area contributed by atoms with Gasteiger partial charge in [-0.1, -0.05) is 0 Å². The highest BCUT2D eigenvalue weighted by Crippen LogP contribution is 2.18. The number of aliphatic hydroxyl groups is 1. The molecule has 0 bridgehead atoms. The summed E-state index contributed by atoms with van der Waals surface area (Å²) in [5.74, 6) is -3.21. The zero-order valence-corrected chi connectivity index (χ0v) is 10.8. The molecule has 0 aromatic rings. The molecule has 0 rings (SSSR count). The third kappa shape index (κ3) is 6.31. The second kappa shape index (κ2) is 5.92. The van der Waals surface area contributed by atoms with Gasteiger partial charge in [0.25, 0.3) is 0 Å². The predicted octanol–water partition coefficient (Wildman–Crippen LogP) is -0.668. The van der Waals surface area contributed by atoms with Crippen LogP contribution in [0.2, 0.25) is 0 Å². The molecule has 0 radical (unpaired) electrons. The molecule has 0 spiro atoms. The van der Waals surface area contributed by atoms with E-state index in [2.05, 4.69) is 0 Å². The minimum Gasteiger partial charge on any atom is -0.481 e. The van der Waals surface area contributed by atoms with Crippen molar-refractivity contribution in [1.82, 2.24) is 0 Å². The van der Waals surface area contributed by atoms with Crippen LogP contribution in [0.4, 0.5) is 0 Å². The average Bonchev–Trinajstić information content (AvgIpc) is 2.09. The molecule has 0 saturated carbocycles. The van der Waals surface area contributed by atoms with Gasteiger partial charge in [0.05, 0.1) is 34.0 Å². The number of likely N-dealkylation sites (N-methyl/N-ethyl adjacent to an activating group) is 1. The fourth-order valence-corrected chi connectivity index (χ4v) is 1.73. The van der Waals surface area contributed by atoms with Crippen molar-refractivity contribution in [2.24, 2.45) is 0 Å². The molecule has 3 N–H and O–H groups in total. The second-order valence-electron chi connectivity index (χ2n) is 5.37. The lowest BCUT2D eigenvalue weighted by Crippen LogP contribution is -2.54. The van der Waals surface area contributed by atoms with Crippen LogP contribution in [0.5, 0.6) is 0 Å². The molecule has 0 saturated heterocycles. The summed E-state index contributed by atoms with van der Waals surface area (Å²) in [5.41, 5.74) is -2.03. The first-order valence-electron chi connectivity index (χ1n) is 5.46. The molecule has 0 aliphatic rings. The van der Waals surface area contributed by atoms with E-state index < -0.39 is 36.2 Å². The van der Waals surface area contributed by atoms with Gasteiger partial charge in [0.1, 0.15) is 6.54 Å². The molecule has 7 heteroatoms. The van der Waals surface area contributed by atoms with Gasteiger partial charge in [0.2, 0.25) is 0 Å². The molecule has 0 amide bonds. The Hall–Kier alpha value is -1.47. The number of carbonyl (C=O) groups excluding carboxylic acids is 1. The van der Waals surface area contributed by atoms with E-state index >= 15 is 0 Å². The van der Waals surface area contributed by atoms with Crippen molar-refractivity contribution in [1.29, 1.82) is 0 Å². The van der Waals surface area contributed by atoms with Gasteiger partial charge in [-0.05, 0) is 0 Å². The van der Waals surface area contributed by atoms with Crippen LogP contribution in [-0.4, -0.2) is 70.8 Å². The molecular formula is C11H20NO6+. The first-order chi connectivity index (χ1) is 7.96. The minimum atomic E-state index is -2.03. The smallest absolute Gasteiger partial charge is 0.306 e. The Labute approximate surface area is 105 Å². The molecule has 0 aromatic heterocycles. The number of ketones is 1. The molecule has 0 unspecified atom stereocenters. The van der Waals surface area contributed by atoms with Crippen LogP contribution >= 0.6 is 0 Å². The van der Waals surface area contributed by atoms with Crippen molar-refractivity contribution in [3.63, 3.8) is 0 Å². The maximum atomic E-state index is 11.8. The lowest BCUT2D eigenvalue weighted by molar-refractivity contribution is -0.875. The number of carbonyl (C=O) groups is 3. The SMILES string of the molecule is C[N+](C)(C)C[C@](O)(CC(=O)O)C(=O)CCC(=O)O. The highest BCUT2D eigenvalue weighted by Gasteiger charge is 2.42. The highest BCUT2D eigenvalue weighted by atomic mass is 16.4. The number of aliphatic carboxylic acids is 2. The van der Waals surface area contributed by atoms with Gasteiger partial charge in [-0.2, -0.15) is 0 Å². The number of hydrogen-bond acceptors (Lipinski definition) is 4. The molecule has 7 nitrogen and oxygen atoms in total. The minimum absolute atomic E-state index is 0.0856. The first kappa shape index (κ1) is 16.5. The third-order valence-corrected chi connectivity index (χ3v) is 2.26. The Kier molecular flexibility index (Phi) is 5.44. The number of Topliss-reactive ketones (excluding diaryl/α,β-unsaturated/α-hetero) is 1. The number of carboxylic acids is 2. The van der Waals surface area contributed by atoms with Crippen molar-refractivity contribution in [2.75, 3.05) is 27.7 Å². The summed E-state index contributed by atoms with van der Waals surface area (Å²) < 4.78 is 0.197. The number of carboxylic acid groups (broad SMARTS) is 2. The van der Waals surface area contributed by atoms with Crippen LogP contribution in [0, 0.1) is 0 Å². The monoisotopic (exact) mass is 262 g/mol. The van der Waals surface area contributed by atoms with Gasteiger partial charge in [-0.3, -0.25) is 14.4 Å². The summed E-state index contributed by atoms with van der Waals surface area (Å²) in [6, 6.07) is 0. The Morgan fingerprint density at radius 2 is 1.50 bits per heavy atom. The highest BCUT2D eigenvalue weighted by molar-refractivity contribution is 5.92. The number of quaternary nitrogens is 1. The molecule has 18 heavy (non-hydrogen) atoms. The van der Waals surface area contributed by atoms with Gasteiger partial charge in [-0.15, -0.1) is 0 Å². The van der Waals surface area contributed by atoms with Crippen molar-refractivity contribution in [3.8, 4) is 0 Å². The zero-order valence-electron chi connectivity index (χ0n) is 10.8. The molecule has 0 fully saturated rings.